The second-order valence-electron chi connectivity index (χ2n) is 7.85. The van der Waals surface area contributed by atoms with E-state index in [2.05, 4.69) is 15.1 Å². The summed E-state index contributed by atoms with van der Waals surface area (Å²) in [6.45, 7) is 2.71. The number of hydrogen-bond donors (Lipinski definition) is 2. The summed E-state index contributed by atoms with van der Waals surface area (Å²) in [5, 5.41) is 14.6. The van der Waals surface area contributed by atoms with Crippen LogP contribution in [0.25, 0.3) is 5.69 Å². The quantitative estimate of drug-likeness (QED) is 0.548. The van der Waals surface area contributed by atoms with Crippen molar-refractivity contribution in [3.05, 3.63) is 66.0 Å². The van der Waals surface area contributed by atoms with Crippen LogP contribution in [0.5, 0.6) is 0 Å². The molecule has 0 saturated heterocycles. The highest BCUT2D eigenvalue weighted by Crippen LogP contribution is 2.41. The van der Waals surface area contributed by atoms with E-state index in [1.54, 1.807) is 12.3 Å². The van der Waals surface area contributed by atoms with Crippen LogP contribution in [-0.2, 0) is 18.4 Å². The molecule has 3 aromatic rings. The molecule has 0 amide bonds. The number of rotatable bonds is 7. The van der Waals surface area contributed by atoms with Crippen LogP contribution in [0, 0.1) is 5.41 Å². The molecule has 0 saturated carbocycles. The second-order valence-corrected chi connectivity index (χ2v) is 7.85. The minimum atomic E-state index is -4.99. The lowest BCUT2D eigenvalue weighted by molar-refractivity contribution is -0.266. The van der Waals surface area contributed by atoms with E-state index in [0.717, 1.165) is 0 Å². The van der Waals surface area contributed by atoms with Crippen LogP contribution < -0.4 is 0 Å². The Labute approximate surface area is 169 Å². The van der Waals surface area contributed by atoms with E-state index >= 15 is 0 Å². The number of nitrogens with one attached hydrogen (secondary N) is 1. The summed E-state index contributed by atoms with van der Waals surface area (Å²) in [4.78, 5) is 6.50. The number of alkyl halides is 5. The minimum absolute atomic E-state index is 0.0965. The molecule has 2 heterocycles. The van der Waals surface area contributed by atoms with Gasteiger partial charge < -0.3 is 10.1 Å². The number of nitrogens with zero attached hydrogens (tertiary/aromatic N) is 3. The third kappa shape index (κ3) is 4.38. The smallest absolute Gasteiger partial charge is 0.376 e. The number of benzene rings is 1. The van der Waals surface area contributed by atoms with Gasteiger partial charge in [0.15, 0.2) is 5.60 Å². The predicted octanol–water partition coefficient (Wildman–Crippen LogP) is 4.42. The Bertz CT molecular complexity index is 964. The highest BCUT2D eigenvalue weighted by Gasteiger charge is 2.55. The number of aliphatic hydroxyl groups is 1. The van der Waals surface area contributed by atoms with Crippen molar-refractivity contribution in [2.45, 2.75) is 44.9 Å². The predicted molar refractivity (Wildman–Crippen MR) is 99.3 cm³/mol. The van der Waals surface area contributed by atoms with Gasteiger partial charge in [0, 0.05) is 36.1 Å². The van der Waals surface area contributed by atoms with E-state index in [1.807, 2.05) is 0 Å². The standard InChI is InChI=1S/C20H21F5N4O/c1-18(2,17(21)22)10-14-12-26-16(28-14)11-19(30,20(23,24)25)13-4-6-15(7-5-13)29-9-3-8-27-29/h3-9,12,17,30H,10-11H2,1-2H3,(H,26,28). The zero-order valence-electron chi connectivity index (χ0n) is 16.3. The summed E-state index contributed by atoms with van der Waals surface area (Å²) in [7, 11) is 0. The van der Waals surface area contributed by atoms with Crippen LogP contribution in [0.15, 0.2) is 48.9 Å². The molecule has 10 heteroatoms. The van der Waals surface area contributed by atoms with Gasteiger partial charge in [-0.15, -0.1) is 0 Å². The van der Waals surface area contributed by atoms with Crippen molar-refractivity contribution in [1.29, 1.82) is 0 Å². The first-order valence-electron chi connectivity index (χ1n) is 9.13. The molecule has 3 rings (SSSR count). The number of H-pyrrole nitrogens is 1. The fraction of sp³-hybridized carbons (Fsp3) is 0.400. The van der Waals surface area contributed by atoms with Crippen molar-refractivity contribution < 1.29 is 27.1 Å². The molecule has 2 aromatic heterocycles. The van der Waals surface area contributed by atoms with Crippen molar-refractivity contribution in [2.75, 3.05) is 0 Å². The normalized spacial score (nSPS) is 14.8. The lowest BCUT2D eigenvalue weighted by Gasteiger charge is -2.30. The number of hydrogen-bond acceptors (Lipinski definition) is 3. The van der Waals surface area contributed by atoms with Crippen LogP contribution in [0.4, 0.5) is 22.0 Å². The molecule has 0 spiro atoms. The van der Waals surface area contributed by atoms with Crippen LogP contribution in [0.1, 0.15) is 30.9 Å². The van der Waals surface area contributed by atoms with Crippen molar-refractivity contribution in [2.24, 2.45) is 5.41 Å². The van der Waals surface area contributed by atoms with Gasteiger partial charge in [0.1, 0.15) is 5.82 Å². The SMILES string of the molecule is CC(C)(Cc1cnc(CC(O)(c2ccc(-n3cccn3)cc2)C(F)(F)F)[nH]1)C(F)F. The first kappa shape index (κ1) is 21.9. The summed E-state index contributed by atoms with van der Waals surface area (Å²) in [6.07, 6.45) is -4.19. The maximum Gasteiger partial charge on any atom is 0.421 e. The molecule has 1 aromatic carbocycles. The Morgan fingerprint density at radius 1 is 1.10 bits per heavy atom. The van der Waals surface area contributed by atoms with E-state index in [-0.39, 0.29) is 23.5 Å². The fourth-order valence-electron chi connectivity index (χ4n) is 3.07. The Kier molecular flexibility index (Phi) is 5.72. The molecule has 0 radical (unpaired) electrons. The van der Waals surface area contributed by atoms with Crippen LogP contribution in [0.3, 0.4) is 0 Å². The average molecular weight is 428 g/mol. The Morgan fingerprint density at radius 3 is 2.30 bits per heavy atom. The third-order valence-electron chi connectivity index (χ3n) is 4.92. The first-order valence-corrected chi connectivity index (χ1v) is 9.13. The van der Waals surface area contributed by atoms with E-state index < -0.39 is 30.0 Å². The fourth-order valence-corrected chi connectivity index (χ4v) is 3.07. The van der Waals surface area contributed by atoms with Gasteiger partial charge in [0.05, 0.1) is 5.69 Å². The van der Waals surface area contributed by atoms with E-state index in [4.69, 9.17) is 0 Å². The minimum Gasteiger partial charge on any atom is -0.376 e. The molecule has 30 heavy (non-hydrogen) atoms. The van der Waals surface area contributed by atoms with Gasteiger partial charge in [-0.25, -0.2) is 18.4 Å². The Hall–Kier alpha value is -2.75. The van der Waals surface area contributed by atoms with E-state index in [0.29, 0.717) is 5.69 Å². The molecule has 2 N–H and O–H groups in total. The van der Waals surface area contributed by atoms with Crippen LogP contribution in [-0.4, -0.2) is 37.5 Å². The summed E-state index contributed by atoms with van der Waals surface area (Å²) in [6, 6.07) is 6.85. The van der Waals surface area contributed by atoms with Crippen molar-refractivity contribution in [3.63, 3.8) is 0 Å². The summed E-state index contributed by atoms with van der Waals surface area (Å²) >= 11 is 0. The van der Waals surface area contributed by atoms with Gasteiger partial charge in [-0.05, 0) is 30.2 Å². The molecule has 0 aliphatic rings. The Morgan fingerprint density at radius 2 is 1.77 bits per heavy atom. The van der Waals surface area contributed by atoms with Crippen LogP contribution in [0.2, 0.25) is 0 Å². The van der Waals surface area contributed by atoms with Crippen molar-refractivity contribution in [3.8, 4) is 5.69 Å². The van der Waals surface area contributed by atoms with Crippen molar-refractivity contribution in [1.82, 2.24) is 19.7 Å². The maximum atomic E-state index is 13.8. The molecule has 0 aliphatic carbocycles. The van der Waals surface area contributed by atoms with Gasteiger partial charge in [0.25, 0.3) is 0 Å². The molecule has 162 valence electrons. The number of aromatic amines is 1. The van der Waals surface area contributed by atoms with E-state index in [9.17, 15) is 27.1 Å². The van der Waals surface area contributed by atoms with Gasteiger partial charge in [-0.1, -0.05) is 26.0 Å². The Balaban J connectivity index is 1.86. The zero-order chi connectivity index (χ0) is 22.2. The van der Waals surface area contributed by atoms with Gasteiger partial charge in [-0.3, -0.25) is 0 Å². The second kappa shape index (κ2) is 7.82. The summed E-state index contributed by atoms with van der Waals surface area (Å²) in [5.41, 5.74) is -4.14. The molecule has 1 unspecified atom stereocenters. The molecule has 1 atom stereocenters. The molecule has 0 bridgehead atoms. The van der Waals surface area contributed by atoms with Gasteiger partial charge in [0.2, 0.25) is 6.43 Å². The zero-order valence-corrected chi connectivity index (χ0v) is 16.3. The highest BCUT2D eigenvalue weighted by molar-refractivity contribution is 5.37. The average Bonchev–Trinajstić information content (AvgIpc) is 3.32. The van der Waals surface area contributed by atoms with E-state index in [1.165, 1.54) is 55.2 Å². The van der Waals surface area contributed by atoms with Crippen LogP contribution >= 0.6 is 0 Å². The monoisotopic (exact) mass is 428 g/mol. The summed E-state index contributed by atoms with van der Waals surface area (Å²) < 4.78 is 69.1. The third-order valence-corrected chi connectivity index (χ3v) is 4.92. The molecule has 5 nitrogen and oxygen atoms in total. The van der Waals surface area contributed by atoms with Gasteiger partial charge in [-0.2, -0.15) is 18.3 Å². The molecular weight excluding hydrogens is 407 g/mol. The lowest BCUT2D eigenvalue weighted by Crippen LogP contribution is -2.44. The topological polar surface area (TPSA) is 66.7 Å². The largest absolute Gasteiger partial charge is 0.421 e. The number of imidazole rings is 1. The molecular formula is C20H21F5N4O. The molecule has 0 aliphatic heterocycles. The van der Waals surface area contributed by atoms with Crippen molar-refractivity contribution >= 4 is 0 Å². The first-order chi connectivity index (χ1) is 13.9. The highest BCUT2D eigenvalue weighted by atomic mass is 19.4. The number of halogens is 5. The maximum absolute atomic E-state index is 13.8. The molecule has 0 fully saturated rings. The summed E-state index contributed by atoms with van der Waals surface area (Å²) in [5.74, 6) is -0.147. The lowest BCUT2D eigenvalue weighted by atomic mass is 9.88. The van der Waals surface area contributed by atoms with Gasteiger partial charge >= 0.3 is 6.18 Å². The number of aromatic nitrogens is 4.